The largest absolute Gasteiger partial charge is 0.494 e. The van der Waals surface area contributed by atoms with Crippen LogP contribution in [0.3, 0.4) is 0 Å². The van der Waals surface area contributed by atoms with Crippen molar-refractivity contribution in [2.24, 2.45) is 5.73 Å². The summed E-state index contributed by atoms with van der Waals surface area (Å²) in [7, 11) is 0. The molecule has 0 aliphatic rings. The fourth-order valence-corrected chi connectivity index (χ4v) is 1.46. The first kappa shape index (κ1) is 11.1. The van der Waals surface area contributed by atoms with Crippen molar-refractivity contribution in [2.45, 2.75) is 33.2 Å². The Morgan fingerprint density at radius 2 is 2.07 bits per heavy atom. The van der Waals surface area contributed by atoms with Crippen LogP contribution in [0.2, 0.25) is 0 Å². The highest BCUT2D eigenvalue weighted by molar-refractivity contribution is 5.38. The molecular formula is C12H19NO. The molecule has 1 rings (SSSR count). The van der Waals surface area contributed by atoms with E-state index in [0.29, 0.717) is 6.61 Å². The van der Waals surface area contributed by atoms with Crippen molar-refractivity contribution in [2.75, 3.05) is 6.61 Å². The summed E-state index contributed by atoms with van der Waals surface area (Å²) in [5, 5.41) is 0. The van der Waals surface area contributed by atoms with Crippen LogP contribution in [0.4, 0.5) is 0 Å². The Bertz CT molecular complexity index is 296. The van der Waals surface area contributed by atoms with Crippen LogP contribution in [0.1, 0.15) is 37.4 Å². The molecule has 0 spiro atoms. The van der Waals surface area contributed by atoms with Crippen molar-refractivity contribution in [1.82, 2.24) is 0 Å². The number of hydrogen-bond acceptors (Lipinski definition) is 2. The van der Waals surface area contributed by atoms with Crippen LogP contribution in [0.5, 0.6) is 5.75 Å². The molecule has 1 atom stereocenters. The van der Waals surface area contributed by atoms with Crippen molar-refractivity contribution in [3.05, 3.63) is 29.3 Å². The predicted molar refractivity (Wildman–Crippen MR) is 59.6 cm³/mol. The summed E-state index contributed by atoms with van der Waals surface area (Å²) < 4.78 is 5.53. The molecule has 0 heterocycles. The zero-order valence-corrected chi connectivity index (χ0v) is 9.21. The Morgan fingerprint density at radius 1 is 1.36 bits per heavy atom. The lowest BCUT2D eigenvalue weighted by Crippen LogP contribution is -2.11. The summed E-state index contributed by atoms with van der Waals surface area (Å²) >= 11 is 0. The van der Waals surface area contributed by atoms with E-state index in [9.17, 15) is 0 Å². The Kier molecular flexibility index (Phi) is 3.96. The molecule has 0 aliphatic heterocycles. The van der Waals surface area contributed by atoms with E-state index < -0.39 is 0 Å². The van der Waals surface area contributed by atoms with E-state index in [-0.39, 0.29) is 6.04 Å². The fraction of sp³-hybridized carbons (Fsp3) is 0.500. The summed E-state index contributed by atoms with van der Waals surface area (Å²) in [4.78, 5) is 0. The molecule has 14 heavy (non-hydrogen) atoms. The fourth-order valence-electron chi connectivity index (χ4n) is 1.46. The summed E-state index contributed by atoms with van der Waals surface area (Å²) in [5.74, 6) is 0.924. The maximum absolute atomic E-state index is 6.01. The van der Waals surface area contributed by atoms with Gasteiger partial charge in [0.25, 0.3) is 0 Å². The van der Waals surface area contributed by atoms with Gasteiger partial charge in [-0.15, -0.1) is 0 Å². The van der Waals surface area contributed by atoms with E-state index in [1.54, 1.807) is 0 Å². The van der Waals surface area contributed by atoms with Crippen LogP contribution in [0.25, 0.3) is 0 Å². The predicted octanol–water partition coefficient (Wildman–Crippen LogP) is 2.80. The Hall–Kier alpha value is -1.02. The molecule has 2 N–H and O–H groups in total. The molecule has 0 aromatic heterocycles. The third kappa shape index (κ3) is 2.48. The summed E-state index contributed by atoms with van der Waals surface area (Å²) in [6, 6.07) is 6.25. The van der Waals surface area contributed by atoms with Crippen molar-refractivity contribution in [1.29, 1.82) is 0 Å². The zero-order chi connectivity index (χ0) is 10.6. The van der Waals surface area contributed by atoms with Gasteiger partial charge in [0, 0.05) is 11.6 Å². The zero-order valence-electron chi connectivity index (χ0n) is 9.21. The van der Waals surface area contributed by atoms with Gasteiger partial charge < -0.3 is 10.5 Å². The minimum Gasteiger partial charge on any atom is -0.494 e. The van der Waals surface area contributed by atoms with E-state index >= 15 is 0 Å². The molecule has 0 saturated carbocycles. The average Bonchev–Trinajstić information content (AvgIpc) is 2.20. The van der Waals surface area contributed by atoms with Gasteiger partial charge in [-0.25, -0.2) is 0 Å². The molecule has 0 radical (unpaired) electrons. The second kappa shape index (κ2) is 5.01. The third-order valence-electron chi connectivity index (χ3n) is 2.30. The van der Waals surface area contributed by atoms with Crippen LogP contribution >= 0.6 is 0 Å². The van der Waals surface area contributed by atoms with Crippen molar-refractivity contribution < 1.29 is 4.74 Å². The molecule has 1 aromatic rings. The highest BCUT2D eigenvalue weighted by Gasteiger charge is 2.10. The third-order valence-corrected chi connectivity index (χ3v) is 2.30. The van der Waals surface area contributed by atoms with Gasteiger partial charge >= 0.3 is 0 Å². The van der Waals surface area contributed by atoms with E-state index in [1.165, 1.54) is 5.56 Å². The minimum atomic E-state index is 0.0800. The normalized spacial score (nSPS) is 12.6. The number of ether oxygens (including phenoxy) is 1. The van der Waals surface area contributed by atoms with Crippen LogP contribution < -0.4 is 10.5 Å². The SMILES string of the molecule is CCOc1ccc(C)cc1C(N)CC. The average molecular weight is 193 g/mol. The van der Waals surface area contributed by atoms with E-state index in [4.69, 9.17) is 10.5 Å². The van der Waals surface area contributed by atoms with E-state index in [2.05, 4.69) is 26.0 Å². The Labute approximate surface area is 86.1 Å². The van der Waals surface area contributed by atoms with Gasteiger partial charge in [0.2, 0.25) is 0 Å². The number of benzene rings is 1. The van der Waals surface area contributed by atoms with Gasteiger partial charge in [-0.3, -0.25) is 0 Å². The maximum atomic E-state index is 6.01. The van der Waals surface area contributed by atoms with Crippen molar-refractivity contribution in [3.63, 3.8) is 0 Å². The lowest BCUT2D eigenvalue weighted by Gasteiger charge is -2.15. The molecule has 2 heteroatoms. The van der Waals surface area contributed by atoms with Crippen molar-refractivity contribution in [3.8, 4) is 5.75 Å². The van der Waals surface area contributed by atoms with Crippen LogP contribution in [0, 0.1) is 6.92 Å². The maximum Gasteiger partial charge on any atom is 0.124 e. The molecule has 0 aliphatic carbocycles. The first-order valence-electron chi connectivity index (χ1n) is 5.18. The summed E-state index contributed by atoms with van der Waals surface area (Å²) in [6.07, 6.45) is 0.934. The van der Waals surface area contributed by atoms with Crippen LogP contribution in [0.15, 0.2) is 18.2 Å². The molecule has 2 nitrogen and oxygen atoms in total. The minimum absolute atomic E-state index is 0.0800. The highest BCUT2D eigenvalue weighted by Crippen LogP contribution is 2.26. The van der Waals surface area contributed by atoms with Gasteiger partial charge in [-0.2, -0.15) is 0 Å². The first-order valence-corrected chi connectivity index (χ1v) is 5.18. The number of nitrogens with two attached hydrogens (primary N) is 1. The smallest absolute Gasteiger partial charge is 0.124 e. The molecule has 1 aromatic carbocycles. The van der Waals surface area contributed by atoms with E-state index in [0.717, 1.165) is 17.7 Å². The second-order valence-corrected chi connectivity index (χ2v) is 3.49. The van der Waals surface area contributed by atoms with Gasteiger partial charge in [0.1, 0.15) is 5.75 Å². The Balaban J connectivity index is 3.02. The lowest BCUT2D eigenvalue weighted by atomic mass is 10.0. The molecule has 0 amide bonds. The van der Waals surface area contributed by atoms with Gasteiger partial charge in [0.05, 0.1) is 6.61 Å². The lowest BCUT2D eigenvalue weighted by molar-refractivity contribution is 0.333. The number of aryl methyl sites for hydroxylation is 1. The molecular weight excluding hydrogens is 174 g/mol. The van der Waals surface area contributed by atoms with Gasteiger partial charge in [-0.05, 0) is 26.3 Å². The van der Waals surface area contributed by atoms with Crippen LogP contribution in [-0.2, 0) is 0 Å². The summed E-state index contributed by atoms with van der Waals surface area (Å²) in [6.45, 7) is 6.83. The molecule has 0 bridgehead atoms. The first-order chi connectivity index (χ1) is 6.69. The molecule has 0 saturated heterocycles. The molecule has 0 fully saturated rings. The van der Waals surface area contributed by atoms with Crippen molar-refractivity contribution >= 4 is 0 Å². The topological polar surface area (TPSA) is 35.2 Å². The molecule has 1 unspecified atom stereocenters. The molecule has 78 valence electrons. The standard InChI is InChI=1S/C12H19NO/c1-4-11(13)10-8-9(3)6-7-12(10)14-5-2/h6-8,11H,4-5,13H2,1-3H3. The van der Waals surface area contributed by atoms with Gasteiger partial charge in [-0.1, -0.05) is 24.6 Å². The summed E-state index contributed by atoms with van der Waals surface area (Å²) in [5.41, 5.74) is 8.36. The number of rotatable bonds is 4. The monoisotopic (exact) mass is 193 g/mol. The highest BCUT2D eigenvalue weighted by atomic mass is 16.5. The second-order valence-electron chi connectivity index (χ2n) is 3.49. The van der Waals surface area contributed by atoms with Crippen LogP contribution in [-0.4, -0.2) is 6.61 Å². The van der Waals surface area contributed by atoms with E-state index in [1.807, 2.05) is 13.0 Å². The number of hydrogen-bond donors (Lipinski definition) is 1. The quantitative estimate of drug-likeness (QED) is 0.798. The van der Waals surface area contributed by atoms with Gasteiger partial charge in [0.15, 0.2) is 0 Å². The Morgan fingerprint density at radius 3 is 2.64 bits per heavy atom.